The molecule has 0 amide bonds. The second kappa shape index (κ2) is 2.60. The molecule has 0 aromatic carbocycles. The molecule has 0 spiro atoms. The summed E-state index contributed by atoms with van der Waals surface area (Å²) < 4.78 is 1.98. The fraction of sp³-hybridized carbons (Fsp3) is 0. The molecular weight excluding hydrogens is 188 g/mol. The number of nitriles is 2. The maximum Gasteiger partial charge on any atom is 0.110 e. The van der Waals surface area contributed by atoms with Crippen LogP contribution >= 0.6 is 22.7 Å². The molecule has 0 radical (unpaired) electrons. The lowest BCUT2D eigenvalue weighted by Crippen LogP contribution is -1.59. The SMILES string of the molecule is N#Cc1cc2scc(C#N)c2s1. The summed E-state index contributed by atoms with van der Waals surface area (Å²) in [5, 5.41) is 19.1. The molecule has 0 saturated carbocycles. The fourth-order valence-electron chi connectivity index (χ4n) is 0.958. The van der Waals surface area contributed by atoms with E-state index in [0.29, 0.717) is 10.4 Å². The van der Waals surface area contributed by atoms with Crippen LogP contribution in [0.4, 0.5) is 0 Å². The van der Waals surface area contributed by atoms with Crippen molar-refractivity contribution in [2.45, 2.75) is 0 Å². The second-order valence-corrected chi connectivity index (χ2v) is 4.14. The Kier molecular flexibility index (Phi) is 1.58. The molecule has 2 aromatic heterocycles. The summed E-state index contributed by atoms with van der Waals surface area (Å²) >= 11 is 2.89. The number of hydrogen-bond acceptors (Lipinski definition) is 4. The summed E-state index contributed by atoms with van der Waals surface area (Å²) in [6.07, 6.45) is 0. The minimum Gasteiger partial charge on any atom is -0.192 e. The van der Waals surface area contributed by atoms with E-state index in [0.717, 1.165) is 9.40 Å². The van der Waals surface area contributed by atoms with Crippen molar-refractivity contribution in [3.63, 3.8) is 0 Å². The summed E-state index contributed by atoms with van der Waals surface area (Å²) in [5.41, 5.74) is 0.682. The van der Waals surface area contributed by atoms with E-state index in [1.54, 1.807) is 0 Å². The summed E-state index contributed by atoms with van der Waals surface area (Å²) in [5.74, 6) is 0. The van der Waals surface area contributed by atoms with E-state index < -0.39 is 0 Å². The van der Waals surface area contributed by atoms with E-state index in [9.17, 15) is 0 Å². The van der Waals surface area contributed by atoms with Crippen LogP contribution in [-0.4, -0.2) is 0 Å². The van der Waals surface area contributed by atoms with Gasteiger partial charge < -0.3 is 0 Å². The van der Waals surface area contributed by atoms with Gasteiger partial charge in [0.2, 0.25) is 0 Å². The molecule has 0 atom stereocenters. The standard InChI is InChI=1S/C8H2N2S2/c9-2-5-4-11-7-1-6(3-10)12-8(5)7/h1,4H. The predicted octanol–water partition coefficient (Wildman–Crippen LogP) is 2.71. The Labute approximate surface area is 76.9 Å². The molecule has 2 aromatic rings. The van der Waals surface area contributed by atoms with Crippen molar-refractivity contribution < 1.29 is 0 Å². The highest BCUT2D eigenvalue weighted by atomic mass is 32.1. The van der Waals surface area contributed by atoms with Crippen LogP contribution in [0.25, 0.3) is 9.40 Å². The Bertz CT molecular complexity index is 507. The van der Waals surface area contributed by atoms with Gasteiger partial charge >= 0.3 is 0 Å². The highest BCUT2D eigenvalue weighted by Gasteiger charge is 2.07. The average molecular weight is 190 g/mol. The first-order valence-electron chi connectivity index (χ1n) is 3.16. The first-order valence-corrected chi connectivity index (χ1v) is 4.86. The molecule has 0 aliphatic heterocycles. The Morgan fingerprint density at radius 1 is 1.25 bits per heavy atom. The summed E-state index contributed by atoms with van der Waals surface area (Å²) in [6, 6.07) is 5.99. The number of rotatable bonds is 0. The van der Waals surface area contributed by atoms with Crippen molar-refractivity contribution in [2.24, 2.45) is 0 Å². The Hall–Kier alpha value is -1.36. The van der Waals surface area contributed by atoms with Crippen LogP contribution in [0.5, 0.6) is 0 Å². The Morgan fingerprint density at radius 2 is 2.08 bits per heavy atom. The molecular formula is C8H2N2S2. The van der Waals surface area contributed by atoms with E-state index in [1.807, 2.05) is 11.4 Å². The first-order chi connectivity index (χ1) is 5.85. The van der Waals surface area contributed by atoms with Crippen molar-refractivity contribution >= 4 is 32.1 Å². The maximum atomic E-state index is 8.69. The van der Waals surface area contributed by atoms with Crippen molar-refractivity contribution in [1.82, 2.24) is 0 Å². The van der Waals surface area contributed by atoms with E-state index in [-0.39, 0.29) is 0 Å². The zero-order valence-corrected chi connectivity index (χ0v) is 7.50. The molecule has 56 valence electrons. The van der Waals surface area contributed by atoms with Crippen molar-refractivity contribution in [1.29, 1.82) is 10.5 Å². The van der Waals surface area contributed by atoms with Gasteiger partial charge in [0.05, 0.1) is 10.3 Å². The van der Waals surface area contributed by atoms with Crippen LogP contribution in [0.1, 0.15) is 10.4 Å². The smallest absolute Gasteiger partial charge is 0.110 e. The summed E-state index contributed by atoms with van der Waals surface area (Å²) in [7, 11) is 0. The molecule has 0 saturated heterocycles. The zero-order chi connectivity index (χ0) is 8.55. The molecule has 0 bridgehead atoms. The molecule has 2 rings (SSSR count). The van der Waals surface area contributed by atoms with Gasteiger partial charge in [0.25, 0.3) is 0 Å². The van der Waals surface area contributed by atoms with Gasteiger partial charge in [-0.3, -0.25) is 0 Å². The van der Waals surface area contributed by atoms with Crippen molar-refractivity contribution in [3.05, 3.63) is 21.9 Å². The highest BCUT2D eigenvalue weighted by Crippen LogP contribution is 2.32. The fourth-order valence-corrected chi connectivity index (χ4v) is 3.01. The molecule has 0 N–H and O–H groups in total. The zero-order valence-electron chi connectivity index (χ0n) is 5.87. The van der Waals surface area contributed by atoms with Gasteiger partial charge in [-0.1, -0.05) is 0 Å². The highest BCUT2D eigenvalue weighted by molar-refractivity contribution is 7.27. The van der Waals surface area contributed by atoms with E-state index in [4.69, 9.17) is 10.5 Å². The topological polar surface area (TPSA) is 47.6 Å². The van der Waals surface area contributed by atoms with Gasteiger partial charge in [0.15, 0.2) is 0 Å². The molecule has 0 aliphatic carbocycles. The lowest BCUT2D eigenvalue weighted by molar-refractivity contribution is 1.52. The summed E-state index contributed by atoms with van der Waals surface area (Å²) in [4.78, 5) is 0.674. The molecule has 0 fully saturated rings. The Morgan fingerprint density at radius 3 is 2.75 bits per heavy atom. The average Bonchev–Trinajstić information content (AvgIpc) is 2.61. The van der Waals surface area contributed by atoms with E-state index in [1.165, 1.54) is 22.7 Å². The predicted molar refractivity (Wildman–Crippen MR) is 49.1 cm³/mol. The van der Waals surface area contributed by atoms with Gasteiger partial charge in [-0.15, -0.1) is 22.7 Å². The van der Waals surface area contributed by atoms with Gasteiger partial charge in [0, 0.05) is 10.1 Å². The van der Waals surface area contributed by atoms with Gasteiger partial charge in [0.1, 0.15) is 17.0 Å². The molecule has 4 heteroatoms. The third-order valence-corrected chi connectivity index (χ3v) is 3.61. The lowest BCUT2D eigenvalue weighted by Gasteiger charge is -1.74. The second-order valence-electron chi connectivity index (χ2n) is 2.18. The third kappa shape index (κ3) is 0.902. The quantitative estimate of drug-likeness (QED) is 0.641. The van der Waals surface area contributed by atoms with E-state index in [2.05, 4.69) is 12.1 Å². The van der Waals surface area contributed by atoms with Crippen LogP contribution < -0.4 is 0 Å². The molecule has 2 nitrogen and oxygen atoms in total. The Balaban J connectivity index is 2.81. The van der Waals surface area contributed by atoms with Crippen molar-refractivity contribution in [2.75, 3.05) is 0 Å². The van der Waals surface area contributed by atoms with Crippen LogP contribution in [0, 0.1) is 22.7 Å². The van der Waals surface area contributed by atoms with Gasteiger partial charge in [-0.05, 0) is 6.07 Å². The van der Waals surface area contributed by atoms with Gasteiger partial charge in [-0.25, -0.2) is 0 Å². The van der Waals surface area contributed by atoms with Crippen LogP contribution in [0.15, 0.2) is 11.4 Å². The van der Waals surface area contributed by atoms with Crippen LogP contribution in [-0.2, 0) is 0 Å². The lowest BCUT2D eigenvalue weighted by atomic mass is 10.3. The molecule has 0 aliphatic rings. The third-order valence-electron chi connectivity index (χ3n) is 1.48. The molecule has 0 unspecified atom stereocenters. The van der Waals surface area contributed by atoms with Crippen molar-refractivity contribution in [3.8, 4) is 12.1 Å². The molecule has 12 heavy (non-hydrogen) atoms. The van der Waals surface area contributed by atoms with Gasteiger partial charge in [-0.2, -0.15) is 10.5 Å². The molecule has 2 heterocycles. The maximum absolute atomic E-state index is 8.69. The normalized spacial score (nSPS) is 9.50. The van der Waals surface area contributed by atoms with Crippen LogP contribution in [0.2, 0.25) is 0 Å². The van der Waals surface area contributed by atoms with E-state index >= 15 is 0 Å². The van der Waals surface area contributed by atoms with Crippen LogP contribution in [0.3, 0.4) is 0 Å². The number of nitrogens with zero attached hydrogens (tertiary/aromatic N) is 2. The monoisotopic (exact) mass is 190 g/mol. The summed E-state index contributed by atoms with van der Waals surface area (Å²) in [6.45, 7) is 0. The minimum atomic E-state index is 0.674. The largest absolute Gasteiger partial charge is 0.192 e. The first kappa shape index (κ1) is 7.30. The number of fused-ring (bicyclic) bond motifs is 1. The number of thiophene rings is 2. The minimum absolute atomic E-state index is 0.674. The number of hydrogen-bond donors (Lipinski definition) is 0.